The van der Waals surface area contributed by atoms with Gasteiger partial charge in [-0.05, 0) is 23.6 Å². The van der Waals surface area contributed by atoms with Crippen LogP contribution in [0.3, 0.4) is 0 Å². The summed E-state index contributed by atoms with van der Waals surface area (Å²) < 4.78 is 0. The van der Waals surface area contributed by atoms with Crippen molar-refractivity contribution in [1.82, 2.24) is 0 Å². The zero-order chi connectivity index (χ0) is 11.4. The van der Waals surface area contributed by atoms with Gasteiger partial charge in [-0.25, -0.2) is 0 Å². The Kier molecular flexibility index (Phi) is 3.70. The summed E-state index contributed by atoms with van der Waals surface area (Å²) >= 11 is 5.90. The standard InChI is InChI=1S/C11H10ClNO2/c1-2-7-3-8(5-10(14)15)11(12)9(4-7)6-13/h3-4H,2,5H2,1H3,(H,14,15). The number of rotatable bonds is 3. The lowest BCUT2D eigenvalue weighted by Crippen LogP contribution is -2.02. The van der Waals surface area contributed by atoms with Crippen molar-refractivity contribution in [1.29, 1.82) is 5.26 Å². The largest absolute Gasteiger partial charge is 0.481 e. The van der Waals surface area contributed by atoms with E-state index in [0.29, 0.717) is 11.1 Å². The number of aliphatic carboxylic acids is 1. The van der Waals surface area contributed by atoms with Crippen molar-refractivity contribution in [2.24, 2.45) is 0 Å². The van der Waals surface area contributed by atoms with E-state index in [0.717, 1.165) is 12.0 Å². The Hall–Kier alpha value is -1.53. The van der Waals surface area contributed by atoms with Gasteiger partial charge in [0.25, 0.3) is 0 Å². The van der Waals surface area contributed by atoms with E-state index < -0.39 is 5.97 Å². The molecule has 0 bridgehead atoms. The quantitative estimate of drug-likeness (QED) is 0.856. The molecule has 4 heteroatoms. The third kappa shape index (κ3) is 2.71. The Morgan fingerprint density at radius 3 is 2.73 bits per heavy atom. The third-order valence-corrected chi connectivity index (χ3v) is 2.52. The molecule has 0 aliphatic carbocycles. The fraction of sp³-hybridized carbons (Fsp3) is 0.273. The summed E-state index contributed by atoms with van der Waals surface area (Å²) in [6, 6.07) is 5.38. The first kappa shape index (κ1) is 11.5. The maximum atomic E-state index is 10.6. The highest BCUT2D eigenvalue weighted by molar-refractivity contribution is 6.32. The van der Waals surface area contributed by atoms with E-state index in [1.807, 2.05) is 13.0 Å². The Bertz CT molecular complexity index is 435. The molecule has 3 nitrogen and oxygen atoms in total. The first-order valence-electron chi connectivity index (χ1n) is 4.51. The Labute approximate surface area is 92.9 Å². The zero-order valence-corrected chi connectivity index (χ0v) is 9.01. The van der Waals surface area contributed by atoms with E-state index in [9.17, 15) is 4.79 Å². The molecule has 0 heterocycles. The van der Waals surface area contributed by atoms with E-state index in [2.05, 4.69) is 0 Å². The molecule has 0 unspecified atom stereocenters. The number of benzene rings is 1. The van der Waals surface area contributed by atoms with Crippen LogP contribution in [-0.2, 0) is 17.6 Å². The fourth-order valence-electron chi connectivity index (χ4n) is 1.33. The second kappa shape index (κ2) is 4.81. The molecule has 0 saturated carbocycles. The van der Waals surface area contributed by atoms with Gasteiger partial charge in [0.05, 0.1) is 17.0 Å². The molecule has 1 aromatic rings. The molecule has 0 aliphatic rings. The van der Waals surface area contributed by atoms with Crippen molar-refractivity contribution in [3.05, 3.63) is 33.8 Å². The van der Waals surface area contributed by atoms with Crippen molar-refractivity contribution in [2.45, 2.75) is 19.8 Å². The Morgan fingerprint density at radius 1 is 1.60 bits per heavy atom. The van der Waals surface area contributed by atoms with Crippen LogP contribution in [0.25, 0.3) is 0 Å². The van der Waals surface area contributed by atoms with Crippen molar-refractivity contribution in [2.75, 3.05) is 0 Å². The van der Waals surface area contributed by atoms with Gasteiger partial charge in [-0.2, -0.15) is 5.26 Å². The monoisotopic (exact) mass is 223 g/mol. The first-order chi connectivity index (χ1) is 7.08. The van der Waals surface area contributed by atoms with Crippen LogP contribution in [-0.4, -0.2) is 11.1 Å². The number of aryl methyl sites for hydroxylation is 1. The molecule has 1 rings (SSSR count). The lowest BCUT2D eigenvalue weighted by atomic mass is 10.0. The molecule has 0 saturated heterocycles. The number of carboxylic acids is 1. The Morgan fingerprint density at radius 2 is 2.27 bits per heavy atom. The SMILES string of the molecule is CCc1cc(C#N)c(Cl)c(CC(=O)O)c1. The highest BCUT2D eigenvalue weighted by Gasteiger charge is 2.11. The molecule has 0 fully saturated rings. The molecule has 0 spiro atoms. The molecule has 0 amide bonds. The second-order valence-corrected chi connectivity index (χ2v) is 3.53. The number of carboxylic acid groups (broad SMARTS) is 1. The number of nitriles is 1. The predicted molar refractivity (Wildman–Crippen MR) is 56.9 cm³/mol. The van der Waals surface area contributed by atoms with Crippen LogP contribution in [0.2, 0.25) is 5.02 Å². The van der Waals surface area contributed by atoms with E-state index in [1.54, 1.807) is 12.1 Å². The molecule has 1 aromatic carbocycles. The zero-order valence-electron chi connectivity index (χ0n) is 8.25. The third-order valence-electron chi connectivity index (χ3n) is 2.08. The van der Waals surface area contributed by atoms with Gasteiger partial charge in [-0.3, -0.25) is 4.79 Å². The Balaban J connectivity index is 3.25. The van der Waals surface area contributed by atoms with Crippen LogP contribution in [0.15, 0.2) is 12.1 Å². The van der Waals surface area contributed by atoms with E-state index in [1.165, 1.54) is 0 Å². The average molecular weight is 224 g/mol. The molecule has 15 heavy (non-hydrogen) atoms. The topological polar surface area (TPSA) is 61.1 Å². The molecular formula is C11H10ClNO2. The van der Waals surface area contributed by atoms with Gasteiger partial charge in [0.15, 0.2) is 0 Å². The summed E-state index contributed by atoms with van der Waals surface area (Å²) in [5, 5.41) is 17.7. The summed E-state index contributed by atoms with van der Waals surface area (Å²) in [5.74, 6) is -0.950. The minimum absolute atomic E-state index is 0.151. The maximum Gasteiger partial charge on any atom is 0.307 e. The van der Waals surface area contributed by atoms with Crippen LogP contribution in [0, 0.1) is 11.3 Å². The van der Waals surface area contributed by atoms with Gasteiger partial charge in [-0.1, -0.05) is 24.6 Å². The van der Waals surface area contributed by atoms with Crippen LogP contribution >= 0.6 is 11.6 Å². The summed E-state index contributed by atoms with van der Waals surface area (Å²) in [6.45, 7) is 1.94. The number of halogens is 1. The van der Waals surface area contributed by atoms with Gasteiger partial charge in [0.2, 0.25) is 0 Å². The minimum atomic E-state index is -0.950. The van der Waals surface area contributed by atoms with Gasteiger partial charge in [0.1, 0.15) is 6.07 Å². The normalized spacial score (nSPS) is 9.67. The number of nitrogens with zero attached hydrogens (tertiary/aromatic N) is 1. The number of hydrogen-bond acceptors (Lipinski definition) is 2. The first-order valence-corrected chi connectivity index (χ1v) is 4.89. The summed E-state index contributed by atoms with van der Waals surface area (Å²) in [7, 11) is 0. The van der Waals surface area contributed by atoms with Crippen LogP contribution < -0.4 is 0 Å². The van der Waals surface area contributed by atoms with Crippen molar-refractivity contribution in [3.63, 3.8) is 0 Å². The van der Waals surface area contributed by atoms with E-state index in [4.69, 9.17) is 22.0 Å². The van der Waals surface area contributed by atoms with Gasteiger partial charge in [0, 0.05) is 0 Å². The summed E-state index contributed by atoms with van der Waals surface area (Å²) in [6.07, 6.45) is 0.597. The molecule has 0 aliphatic heterocycles. The molecule has 0 atom stereocenters. The van der Waals surface area contributed by atoms with Gasteiger partial charge >= 0.3 is 5.97 Å². The fourth-order valence-corrected chi connectivity index (χ4v) is 1.55. The molecule has 78 valence electrons. The summed E-state index contributed by atoms with van der Waals surface area (Å²) in [4.78, 5) is 10.6. The van der Waals surface area contributed by atoms with Crippen molar-refractivity contribution in [3.8, 4) is 6.07 Å². The van der Waals surface area contributed by atoms with E-state index in [-0.39, 0.29) is 11.4 Å². The molecule has 0 aromatic heterocycles. The molecule has 0 radical (unpaired) electrons. The molecular weight excluding hydrogens is 214 g/mol. The van der Waals surface area contributed by atoms with Crippen LogP contribution in [0.5, 0.6) is 0 Å². The second-order valence-electron chi connectivity index (χ2n) is 3.15. The van der Waals surface area contributed by atoms with Crippen LogP contribution in [0.1, 0.15) is 23.6 Å². The minimum Gasteiger partial charge on any atom is -0.481 e. The average Bonchev–Trinajstić information content (AvgIpc) is 2.20. The van der Waals surface area contributed by atoms with Crippen molar-refractivity contribution >= 4 is 17.6 Å². The van der Waals surface area contributed by atoms with Gasteiger partial charge < -0.3 is 5.11 Å². The highest BCUT2D eigenvalue weighted by atomic mass is 35.5. The maximum absolute atomic E-state index is 10.6. The smallest absolute Gasteiger partial charge is 0.307 e. The predicted octanol–water partition coefficient (Wildman–Crippen LogP) is 2.40. The van der Waals surface area contributed by atoms with E-state index >= 15 is 0 Å². The number of hydrogen-bond donors (Lipinski definition) is 1. The lowest BCUT2D eigenvalue weighted by Gasteiger charge is -2.06. The lowest BCUT2D eigenvalue weighted by molar-refractivity contribution is -0.136. The summed E-state index contributed by atoms with van der Waals surface area (Å²) in [5.41, 5.74) is 1.76. The number of carbonyl (C=O) groups is 1. The molecule has 1 N–H and O–H groups in total. The van der Waals surface area contributed by atoms with Crippen molar-refractivity contribution < 1.29 is 9.90 Å². The highest BCUT2D eigenvalue weighted by Crippen LogP contribution is 2.23. The van der Waals surface area contributed by atoms with Crippen LogP contribution in [0.4, 0.5) is 0 Å². The van der Waals surface area contributed by atoms with Gasteiger partial charge in [-0.15, -0.1) is 0 Å².